The van der Waals surface area contributed by atoms with Crippen LogP contribution in [0, 0.1) is 5.82 Å². The number of hydrogen-bond acceptors (Lipinski definition) is 4. The van der Waals surface area contributed by atoms with E-state index in [1.165, 1.54) is 17.0 Å². The van der Waals surface area contributed by atoms with E-state index >= 15 is 0 Å². The van der Waals surface area contributed by atoms with Crippen molar-refractivity contribution in [2.45, 2.75) is 24.3 Å². The lowest BCUT2D eigenvalue weighted by atomic mass is 10.3. The van der Waals surface area contributed by atoms with Gasteiger partial charge in [0.2, 0.25) is 15.9 Å². The largest absolute Gasteiger partial charge is 0.494 e. The van der Waals surface area contributed by atoms with E-state index in [2.05, 4.69) is 4.72 Å². The van der Waals surface area contributed by atoms with Crippen molar-refractivity contribution in [2.24, 2.45) is 0 Å². The van der Waals surface area contributed by atoms with Gasteiger partial charge in [-0.2, -0.15) is 0 Å². The first-order chi connectivity index (χ1) is 12.4. The molecule has 0 aliphatic carbocycles. The first-order valence-corrected chi connectivity index (χ1v) is 9.68. The van der Waals surface area contributed by atoms with E-state index in [1.807, 2.05) is 6.92 Å². The molecule has 8 heteroatoms. The molecule has 138 valence electrons. The molecule has 0 bridgehead atoms. The molecule has 0 radical (unpaired) electrons. The Morgan fingerprint density at radius 1 is 1.15 bits per heavy atom. The maximum atomic E-state index is 13.0. The topological polar surface area (TPSA) is 75.7 Å². The number of carbonyl (C=O) groups is 1. The van der Waals surface area contributed by atoms with Crippen molar-refractivity contribution in [3.05, 3.63) is 54.3 Å². The van der Waals surface area contributed by atoms with Crippen molar-refractivity contribution in [3.8, 4) is 5.75 Å². The molecule has 2 aromatic rings. The molecule has 1 N–H and O–H groups in total. The summed E-state index contributed by atoms with van der Waals surface area (Å²) in [5.74, 6) is 0.0269. The number of anilines is 1. The molecule has 3 rings (SSSR count). The molecule has 1 aliphatic rings. The van der Waals surface area contributed by atoms with Gasteiger partial charge < -0.3 is 9.64 Å². The summed E-state index contributed by atoms with van der Waals surface area (Å²) in [4.78, 5) is 13.8. The van der Waals surface area contributed by atoms with Crippen molar-refractivity contribution in [1.29, 1.82) is 0 Å². The average molecular weight is 378 g/mol. The highest BCUT2D eigenvalue weighted by molar-refractivity contribution is 7.89. The lowest BCUT2D eigenvalue weighted by molar-refractivity contribution is -0.117. The predicted octanol–water partition coefficient (Wildman–Crippen LogP) is 2.31. The Balaban J connectivity index is 1.70. The van der Waals surface area contributed by atoms with Crippen LogP contribution < -0.4 is 14.4 Å². The molecular formula is C18H19FN2O4S. The van der Waals surface area contributed by atoms with E-state index in [4.69, 9.17) is 4.74 Å². The second kappa shape index (κ2) is 7.43. The first-order valence-electron chi connectivity index (χ1n) is 8.20. The van der Waals surface area contributed by atoms with Gasteiger partial charge >= 0.3 is 0 Å². The fourth-order valence-corrected chi connectivity index (χ4v) is 4.05. The van der Waals surface area contributed by atoms with Gasteiger partial charge in [0.25, 0.3) is 0 Å². The first kappa shape index (κ1) is 18.3. The number of ether oxygens (including phenoxy) is 1. The van der Waals surface area contributed by atoms with Gasteiger partial charge in [0.1, 0.15) is 11.6 Å². The number of rotatable bonds is 6. The number of nitrogens with zero attached hydrogens (tertiary/aromatic N) is 1. The summed E-state index contributed by atoms with van der Waals surface area (Å²) in [5.41, 5.74) is 0.682. The summed E-state index contributed by atoms with van der Waals surface area (Å²) in [6, 6.07) is 11.1. The maximum absolute atomic E-state index is 13.0. The molecule has 1 saturated heterocycles. The molecule has 6 nitrogen and oxygen atoms in total. The van der Waals surface area contributed by atoms with Gasteiger partial charge in [-0.05, 0) is 55.5 Å². The van der Waals surface area contributed by atoms with Crippen LogP contribution in [0.4, 0.5) is 10.1 Å². The zero-order valence-corrected chi connectivity index (χ0v) is 15.0. The van der Waals surface area contributed by atoms with Crippen LogP contribution in [0.3, 0.4) is 0 Å². The fourth-order valence-electron chi connectivity index (χ4n) is 2.83. The standard InChI is InChI=1S/C18H19FN2O4S/c1-2-25-16-7-5-15(6-8-16)21-12-14(11-18(21)22)20-26(23,24)17-9-3-13(19)4-10-17/h3-10,14,20H,2,11-12H2,1H3/t14-/m0/s1. The Labute approximate surface area is 151 Å². The second-order valence-electron chi connectivity index (χ2n) is 5.91. The second-order valence-corrected chi connectivity index (χ2v) is 7.62. The molecule has 0 saturated carbocycles. The van der Waals surface area contributed by atoms with Crippen molar-refractivity contribution < 1.29 is 22.3 Å². The van der Waals surface area contributed by atoms with Gasteiger partial charge in [0.05, 0.1) is 11.5 Å². The van der Waals surface area contributed by atoms with Crippen LogP contribution in [0.2, 0.25) is 0 Å². The highest BCUT2D eigenvalue weighted by Crippen LogP contribution is 2.25. The summed E-state index contributed by atoms with van der Waals surface area (Å²) >= 11 is 0. The van der Waals surface area contributed by atoms with Gasteiger partial charge in [0, 0.05) is 24.7 Å². The number of nitrogens with one attached hydrogen (secondary N) is 1. The van der Waals surface area contributed by atoms with E-state index in [0.29, 0.717) is 18.0 Å². The molecule has 0 unspecified atom stereocenters. The fraction of sp³-hybridized carbons (Fsp3) is 0.278. The van der Waals surface area contributed by atoms with Crippen molar-refractivity contribution >= 4 is 21.6 Å². The smallest absolute Gasteiger partial charge is 0.240 e. The Morgan fingerprint density at radius 2 is 1.81 bits per heavy atom. The van der Waals surface area contributed by atoms with E-state index in [1.54, 1.807) is 24.3 Å². The van der Waals surface area contributed by atoms with Crippen molar-refractivity contribution in [2.75, 3.05) is 18.1 Å². The Bertz CT molecular complexity index is 882. The predicted molar refractivity (Wildman–Crippen MR) is 95.1 cm³/mol. The Hall–Kier alpha value is -2.45. The highest BCUT2D eigenvalue weighted by Gasteiger charge is 2.33. The molecule has 26 heavy (non-hydrogen) atoms. The van der Waals surface area contributed by atoms with Gasteiger partial charge in [-0.3, -0.25) is 4.79 Å². The van der Waals surface area contributed by atoms with Crippen molar-refractivity contribution in [1.82, 2.24) is 4.72 Å². The van der Waals surface area contributed by atoms with Crippen LogP contribution >= 0.6 is 0 Å². The third kappa shape index (κ3) is 4.03. The molecular weight excluding hydrogens is 359 g/mol. The number of sulfonamides is 1. The quantitative estimate of drug-likeness (QED) is 0.837. The lowest BCUT2D eigenvalue weighted by Crippen LogP contribution is -2.37. The molecule has 1 atom stereocenters. The van der Waals surface area contributed by atoms with Crippen LogP contribution in [0.25, 0.3) is 0 Å². The minimum absolute atomic E-state index is 0.0362. The van der Waals surface area contributed by atoms with Crippen LogP contribution in [0.5, 0.6) is 5.75 Å². The molecule has 1 heterocycles. The average Bonchev–Trinajstić information content (AvgIpc) is 2.96. The van der Waals surface area contributed by atoms with Gasteiger partial charge in [0.15, 0.2) is 0 Å². The highest BCUT2D eigenvalue weighted by atomic mass is 32.2. The summed E-state index contributed by atoms with van der Waals surface area (Å²) in [6.07, 6.45) is 0.0631. The van der Waals surface area contributed by atoms with Crippen LogP contribution in [-0.2, 0) is 14.8 Å². The Kier molecular flexibility index (Phi) is 5.24. The van der Waals surface area contributed by atoms with Gasteiger partial charge in [-0.15, -0.1) is 0 Å². The summed E-state index contributed by atoms with van der Waals surface area (Å²) in [5, 5.41) is 0. The molecule has 2 aromatic carbocycles. The summed E-state index contributed by atoms with van der Waals surface area (Å²) in [7, 11) is -3.82. The molecule has 1 amide bonds. The minimum atomic E-state index is -3.82. The van der Waals surface area contributed by atoms with Crippen LogP contribution in [0.1, 0.15) is 13.3 Å². The van der Waals surface area contributed by atoms with E-state index in [9.17, 15) is 17.6 Å². The SMILES string of the molecule is CCOc1ccc(N2C[C@@H](NS(=O)(=O)c3ccc(F)cc3)CC2=O)cc1. The third-order valence-corrected chi connectivity index (χ3v) is 5.57. The summed E-state index contributed by atoms with van der Waals surface area (Å²) in [6.45, 7) is 2.66. The minimum Gasteiger partial charge on any atom is -0.494 e. The normalized spacial score (nSPS) is 17.5. The van der Waals surface area contributed by atoms with E-state index in [-0.39, 0.29) is 23.8 Å². The number of benzene rings is 2. The molecule has 1 fully saturated rings. The third-order valence-electron chi connectivity index (χ3n) is 4.03. The van der Waals surface area contributed by atoms with Crippen LogP contribution in [0.15, 0.2) is 53.4 Å². The number of amides is 1. The number of halogens is 1. The van der Waals surface area contributed by atoms with Gasteiger partial charge in [-0.25, -0.2) is 17.5 Å². The van der Waals surface area contributed by atoms with Crippen LogP contribution in [-0.4, -0.2) is 33.5 Å². The molecule has 1 aliphatic heterocycles. The zero-order chi connectivity index (χ0) is 18.7. The van der Waals surface area contributed by atoms with Gasteiger partial charge in [-0.1, -0.05) is 0 Å². The monoisotopic (exact) mass is 378 g/mol. The maximum Gasteiger partial charge on any atom is 0.240 e. The number of carbonyl (C=O) groups excluding carboxylic acids is 1. The molecule has 0 aromatic heterocycles. The van der Waals surface area contributed by atoms with E-state index in [0.717, 1.165) is 12.1 Å². The van der Waals surface area contributed by atoms with E-state index < -0.39 is 21.9 Å². The van der Waals surface area contributed by atoms with Crippen molar-refractivity contribution in [3.63, 3.8) is 0 Å². The number of hydrogen-bond donors (Lipinski definition) is 1. The zero-order valence-electron chi connectivity index (χ0n) is 14.2. The Morgan fingerprint density at radius 3 is 2.42 bits per heavy atom. The molecule has 0 spiro atoms. The summed E-state index contributed by atoms with van der Waals surface area (Å²) < 4.78 is 45.6. The lowest BCUT2D eigenvalue weighted by Gasteiger charge is -2.18.